The van der Waals surface area contributed by atoms with E-state index >= 15 is 0 Å². The second kappa shape index (κ2) is 8.72. The Kier molecular flexibility index (Phi) is 6.32. The zero-order valence-corrected chi connectivity index (χ0v) is 16.6. The number of amides is 1. The highest BCUT2D eigenvalue weighted by Crippen LogP contribution is 2.34. The SMILES string of the molecule is COCOc1cc(Oc2ccc(S(=O)(=O)CC3CS3)cc2)ccc1NC(=O)O. The molecule has 0 saturated carbocycles. The third-order valence-corrected chi connectivity index (χ3v) is 6.77. The van der Waals surface area contributed by atoms with Crippen molar-refractivity contribution in [2.75, 3.05) is 30.7 Å². The summed E-state index contributed by atoms with van der Waals surface area (Å²) in [6.45, 7) is -0.0659. The minimum atomic E-state index is -3.29. The van der Waals surface area contributed by atoms with E-state index in [0.717, 1.165) is 5.75 Å². The summed E-state index contributed by atoms with van der Waals surface area (Å²) in [5, 5.41) is 11.3. The van der Waals surface area contributed by atoms with E-state index < -0.39 is 15.9 Å². The Morgan fingerprint density at radius 3 is 2.50 bits per heavy atom. The third kappa shape index (κ3) is 5.54. The molecule has 1 aliphatic rings. The van der Waals surface area contributed by atoms with Crippen molar-refractivity contribution in [3.63, 3.8) is 0 Å². The van der Waals surface area contributed by atoms with Gasteiger partial charge in [0, 0.05) is 24.2 Å². The van der Waals surface area contributed by atoms with E-state index in [1.54, 1.807) is 30.0 Å². The summed E-state index contributed by atoms with van der Waals surface area (Å²) in [6.07, 6.45) is -1.22. The van der Waals surface area contributed by atoms with Gasteiger partial charge in [0.2, 0.25) is 0 Å². The third-order valence-electron chi connectivity index (χ3n) is 3.75. The van der Waals surface area contributed by atoms with Crippen LogP contribution < -0.4 is 14.8 Å². The Morgan fingerprint density at radius 2 is 1.89 bits per heavy atom. The maximum absolute atomic E-state index is 12.3. The van der Waals surface area contributed by atoms with Crippen LogP contribution in [-0.4, -0.2) is 50.3 Å². The fraction of sp³-hybridized carbons (Fsp3) is 0.278. The van der Waals surface area contributed by atoms with Crippen molar-refractivity contribution in [3.05, 3.63) is 42.5 Å². The van der Waals surface area contributed by atoms with E-state index in [0.29, 0.717) is 11.5 Å². The lowest BCUT2D eigenvalue weighted by Gasteiger charge is -2.13. The highest BCUT2D eigenvalue weighted by molar-refractivity contribution is 8.08. The van der Waals surface area contributed by atoms with Gasteiger partial charge in [0.25, 0.3) is 0 Å². The molecule has 3 rings (SSSR count). The molecule has 2 N–H and O–H groups in total. The molecule has 2 aromatic rings. The number of methoxy groups -OCH3 is 1. The van der Waals surface area contributed by atoms with Crippen molar-refractivity contribution in [1.82, 2.24) is 0 Å². The van der Waals surface area contributed by atoms with E-state index in [-0.39, 0.29) is 34.1 Å². The van der Waals surface area contributed by atoms with Crippen molar-refractivity contribution in [2.24, 2.45) is 0 Å². The van der Waals surface area contributed by atoms with Gasteiger partial charge >= 0.3 is 6.09 Å². The van der Waals surface area contributed by atoms with Crippen molar-refractivity contribution in [1.29, 1.82) is 0 Å². The lowest BCUT2D eigenvalue weighted by molar-refractivity contribution is 0.0515. The van der Waals surface area contributed by atoms with Crippen LogP contribution in [0.25, 0.3) is 0 Å². The van der Waals surface area contributed by atoms with Gasteiger partial charge in [-0.15, -0.1) is 0 Å². The van der Waals surface area contributed by atoms with Crippen LogP contribution >= 0.6 is 11.8 Å². The fourth-order valence-electron chi connectivity index (χ4n) is 2.38. The van der Waals surface area contributed by atoms with E-state index in [9.17, 15) is 13.2 Å². The molecule has 0 aliphatic carbocycles. The van der Waals surface area contributed by atoms with Gasteiger partial charge in [0.15, 0.2) is 16.6 Å². The summed E-state index contributed by atoms with van der Waals surface area (Å²) in [7, 11) is -1.85. The second-order valence-electron chi connectivity index (χ2n) is 5.95. The number of carboxylic acid groups (broad SMARTS) is 1. The van der Waals surface area contributed by atoms with Crippen molar-refractivity contribution < 1.29 is 32.5 Å². The number of nitrogens with one attached hydrogen (secondary N) is 1. The van der Waals surface area contributed by atoms with Crippen LogP contribution in [0.1, 0.15) is 0 Å². The summed E-state index contributed by atoms with van der Waals surface area (Å²) in [6, 6.07) is 10.8. The molecule has 1 fully saturated rings. The van der Waals surface area contributed by atoms with Crippen molar-refractivity contribution in [3.8, 4) is 17.2 Å². The summed E-state index contributed by atoms with van der Waals surface area (Å²) in [5.41, 5.74) is 0.247. The summed E-state index contributed by atoms with van der Waals surface area (Å²) in [5.74, 6) is 2.11. The number of anilines is 1. The van der Waals surface area contributed by atoms with Crippen molar-refractivity contribution in [2.45, 2.75) is 10.1 Å². The maximum atomic E-state index is 12.3. The Balaban J connectivity index is 1.74. The summed E-state index contributed by atoms with van der Waals surface area (Å²) < 4.78 is 40.5. The standard InChI is InChI=1S/C18H19NO7S2/c1-24-11-25-17-8-13(4-7-16(17)19-18(20)21)26-12-2-5-15(6-3-12)28(22,23)10-14-9-27-14/h2-8,14,19H,9-11H2,1H3,(H,20,21). The van der Waals surface area contributed by atoms with Crippen LogP contribution in [0.2, 0.25) is 0 Å². The lowest BCUT2D eigenvalue weighted by atomic mass is 10.2. The van der Waals surface area contributed by atoms with E-state index in [1.165, 1.54) is 31.4 Å². The molecule has 1 saturated heterocycles. The molecule has 0 radical (unpaired) electrons. The number of ether oxygens (including phenoxy) is 3. The molecule has 1 amide bonds. The number of benzene rings is 2. The highest BCUT2D eigenvalue weighted by Gasteiger charge is 2.29. The van der Waals surface area contributed by atoms with Crippen LogP contribution in [0.3, 0.4) is 0 Å². The van der Waals surface area contributed by atoms with Crippen LogP contribution in [0, 0.1) is 0 Å². The predicted molar refractivity (Wildman–Crippen MR) is 105 cm³/mol. The first-order valence-corrected chi connectivity index (χ1v) is 11.0. The van der Waals surface area contributed by atoms with Gasteiger partial charge in [-0.2, -0.15) is 11.8 Å². The number of carbonyl (C=O) groups is 1. The number of thioether (sulfide) groups is 1. The molecule has 0 aromatic heterocycles. The molecule has 1 aliphatic heterocycles. The quantitative estimate of drug-likeness (QED) is 0.464. The Morgan fingerprint density at radius 1 is 1.21 bits per heavy atom. The minimum Gasteiger partial charge on any atom is -0.465 e. The van der Waals surface area contributed by atoms with Gasteiger partial charge < -0.3 is 19.3 Å². The van der Waals surface area contributed by atoms with Gasteiger partial charge in [-0.25, -0.2) is 13.2 Å². The van der Waals surface area contributed by atoms with E-state index in [1.807, 2.05) is 0 Å². The largest absolute Gasteiger partial charge is 0.465 e. The molecular weight excluding hydrogens is 406 g/mol. The first-order valence-electron chi connectivity index (χ1n) is 8.25. The number of hydrogen-bond acceptors (Lipinski definition) is 7. The Hall–Kier alpha value is -2.43. The summed E-state index contributed by atoms with van der Waals surface area (Å²) in [4.78, 5) is 11.1. The van der Waals surface area contributed by atoms with E-state index in [2.05, 4.69) is 5.32 Å². The molecule has 10 heteroatoms. The zero-order valence-electron chi connectivity index (χ0n) is 15.0. The first kappa shape index (κ1) is 20.3. The second-order valence-corrected chi connectivity index (χ2v) is 9.32. The molecule has 150 valence electrons. The van der Waals surface area contributed by atoms with Gasteiger partial charge in [-0.1, -0.05) is 0 Å². The predicted octanol–water partition coefficient (Wildman–Crippen LogP) is 3.44. The molecule has 2 aromatic carbocycles. The van der Waals surface area contributed by atoms with Gasteiger partial charge in [0.05, 0.1) is 16.3 Å². The monoisotopic (exact) mass is 425 g/mol. The minimum absolute atomic E-state index is 0.0659. The average Bonchev–Trinajstić information content (AvgIpc) is 3.45. The van der Waals surface area contributed by atoms with Gasteiger partial charge in [-0.3, -0.25) is 5.32 Å². The normalized spacial score (nSPS) is 15.7. The zero-order chi connectivity index (χ0) is 20.1. The van der Waals surface area contributed by atoms with Gasteiger partial charge in [0.1, 0.15) is 17.2 Å². The van der Waals surface area contributed by atoms with Crippen LogP contribution in [-0.2, 0) is 14.6 Å². The average molecular weight is 425 g/mol. The molecule has 0 spiro atoms. The van der Waals surface area contributed by atoms with E-state index in [4.69, 9.17) is 19.3 Å². The smallest absolute Gasteiger partial charge is 0.409 e. The molecular formula is C18H19NO7S2. The fourth-order valence-corrected chi connectivity index (χ4v) is 5.06. The Labute approximate surface area is 166 Å². The van der Waals surface area contributed by atoms with Crippen LogP contribution in [0.5, 0.6) is 17.2 Å². The molecule has 28 heavy (non-hydrogen) atoms. The first-order chi connectivity index (χ1) is 13.4. The Bertz CT molecular complexity index is 941. The van der Waals surface area contributed by atoms with Crippen LogP contribution in [0.4, 0.5) is 10.5 Å². The van der Waals surface area contributed by atoms with Crippen molar-refractivity contribution >= 4 is 33.4 Å². The van der Waals surface area contributed by atoms with Crippen LogP contribution in [0.15, 0.2) is 47.4 Å². The number of sulfone groups is 1. The lowest BCUT2D eigenvalue weighted by Crippen LogP contribution is -2.10. The highest BCUT2D eigenvalue weighted by atomic mass is 32.2. The van der Waals surface area contributed by atoms with Gasteiger partial charge in [-0.05, 0) is 36.4 Å². The number of hydrogen-bond donors (Lipinski definition) is 2. The molecule has 0 bridgehead atoms. The molecule has 1 atom stereocenters. The molecule has 1 unspecified atom stereocenters. The summed E-state index contributed by atoms with van der Waals surface area (Å²) >= 11 is 1.64. The molecule has 8 nitrogen and oxygen atoms in total. The number of rotatable bonds is 9. The topological polar surface area (TPSA) is 111 Å². The molecule has 1 heterocycles. The maximum Gasteiger partial charge on any atom is 0.409 e.